The van der Waals surface area contributed by atoms with Crippen LogP contribution in [0.3, 0.4) is 0 Å². The molecule has 1 amide bonds. The van der Waals surface area contributed by atoms with E-state index in [2.05, 4.69) is 21.2 Å². The quantitative estimate of drug-likeness (QED) is 0.809. The van der Waals surface area contributed by atoms with E-state index in [-0.39, 0.29) is 12.0 Å². The summed E-state index contributed by atoms with van der Waals surface area (Å²) < 4.78 is 6.65. The maximum absolute atomic E-state index is 11.4. The van der Waals surface area contributed by atoms with Gasteiger partial charge in [-0.25, -0.2) is 0 Å². The van der Waals surface area contributed by atoms with E-state index in [0.717, 1.165) is 10.2 Å². The van der Waals surface area contributed by atoms with E-state index in [1.807, 2.05) is 31.2 Å². The van der Waals surface area contributed by atoms with Crippen molar-refractivity contribution in [2.75, 3.05) is 13.1 Å². The van der Waals surface area contributed by atoms with Crippen molar-refractivity contribution in [3.63, 3.8) is 0 Å². The van der Waals surface area contributed by atoms with Crippen molar-refractivity contribution >= 4 is 21.8 Å². The lowest BCUT2D eigenvalue weighted by Gasteiger charge is -2.15. The molecule has 0 aromatic heterocycles. The molecule has 1 rings (SSSR count). The molecule has 1 aromatic rings. The third-order valence-electron chi connectivity index (χ3n) is 2.33. The van der Waals surface area contributed by atoms with Gasteiger partial charge in [-0.1, -0.05) is 22.0 Å². The number of nitrogens with two attached hydrogens (primary N) is 1. The summed E-state index contributed by atoms with van der Waals surface area (Å²) in [4.78, 5) is 11.4. The Morgan fingerprint density at radius 2 is 2.33 bits per heavy atom. The number of amides is 1. The summed E-state index contributed by atoms with van der Waals surface area (Å²) in [6.07, 6.45) is 1.12. The van der Waals surface area contributed by atoms with Crippen LogP contribution in [0.15, 0.2) is 28.7 Å². The largest absolute Gasteiger partial charge is 0.489 e. The van der Waals surface area contributed by atoms with Crippen molar-refractivity contribution in [3.05, 3.63) is 28.7 Å². The Balaban J connectivity index is 2.29. The van der Waals surface area contributed by atoms with Gasteiger partial charge in [0.25, 0.3) is 0 Å². The highest BCUT2D eigenvalue weighted by molar-refractivity contribution is 9.10. The predicted molar refractivity (Wildman–Crippen MR) is 75.5 cm³/mol. The molecule has 4 nitrogen and oxygen atoms in total. The fraction of sp³-hybridized carbons (Fsp3) is 0.462. The summed E-state index contributed by atoms with van der Waals surface area (Å²) in [6.45, 7) is 2.96. The molecule has 3 N–H and O–H groups in total. The summed E-state index contributed by atoms with van der Waals surface area (Å²) >= 11 is 3.38. The molecule has 0 fully saturated rings. The van der Waals surface area contributed by atoms with Gasteiger partial charge in [-0.15, -0.1) is 0 Å². The number of benzene rings is 1. The molecule has 5 heteroatoms. The van der Waals surface area contributed by atoms with Gasteiger partial charge in [-0.05, 0) is 38.1 Å². The van der Waals surface area contributed by atoms with Crippen LogP contribution in [0.4, 0.5) is 0 Å². The maximum atomic E-state index is 11.4. The normalized spacial score (nSPS) is 11.9. The molecule has 0 saturated heterocycles. The standard InChI is InChI=1S/C13H19BrN2O2/c1-10(9-16-13(17)6-3-7-15)18-12-5-2-4-11(14)8-12/h2,4-5,8,10H,3,6-7,9,15H2,1H3,(H,16,17). The minimum Gasteiger partial charge on any atom is -0.489 e. The summed E-state index contributed by atoms with van der Waals surface area (Å²) in [6, 6.07) is 7.63. The first-order valence-corrected chi connectivity index (χ1v) is 6.80. The second-order valence-electron chi connectivity index (χ2n) is 4.08. The van der Waals surface area contributed by atoms with Crippen molar-refractivity contribution in [1.82, 2.24) is 5.32 Å². The first-order chi connectivity index (χ1) is 8.61. The Kier molecular flexibility index (Phi) is 6.75. The fourth-order valence-electron chi connectivity index (χ4n) is 1.42. The first-order valence-electron chi connectivity index (χ1n) is 6.01. The van der Waals surface area contributed by atoms with Gasteiger partial charge in [0.1, 0.15) is 11.9 Å². The third kappa shape index (κ3) is 6.02. The van der Waals surface area contributed by atoms with E-state index < -0.39 is 0 Å². The van der Waals surface area contributed by atoms with Crippen molar-refractivity contribution in [2.45, 2.75) is 25.9 Å². The van der Waals surface area contributed by atoms with Gasteiger partial charge in [0, 0.05) is 10.9 Å². The van der Waals surface area contributed by atoms with E-state index in [0.29, 0.717) is 25.9 Å². The Bertz CT molecular complexity index is 385. The summed E-state index contributed by atoms with van der Waals surface area (Å²) in [5, 5.41) is 2.82. The van der Waals surface area contributed by atoms with Crippen LogP contribution in [0.25, 0.3) is 0 Å². The van der Waals surface area contributed by atoms with Crippen LogP contribution in [0.5, 0.6) is 5.75 Å². The number of hydrogen-bond acceptors (Lipinski definition) is 3. The molecular weight excluding hydrogens is 296 g/mol. The molecule has 1 atom stereocenters. The van der Waals surface area contributed by atoms with Crippen molar-refractivity contribution in [3.8, 4) is 5.75 Å². The molecule has 1 aromatic carbocycles. The molecule has 0 heterocycles. The van der Waals surface area contributed by atoms with Crippen molar-refractivity contribution in [2.24, 2.45) is 5.73 Å². The monoisotopic (exact) mass is 314 g/mol. The lowest BCUT2D eigenvalue weighted by Crippen LogP contribution is -2.33. The van der Waals surface area contributed by atoms with Gasteiger partial charge in [0.15, 0.2) is 0 Å². The SMILES string of the molecule is CC(CNC(=O)CCCN)Oc1cccc(Br)c1. The molecule has 0 aliphatic rings. The van der Waals surface area contributed by atoms with E-state index in [1.165, 1.54) is 0 Å². The molecule has 0 radical (unpaired) electrons. The topological polar surface area (TPSA) is 64.4 Å². The van der Waals surface area contributed by atoms with Gasteiger partial charge in [0.2, 0.25) is 5.91 Å². The Hall–Kier alpha value is -1.07. The molecular formula is C13H19BrN2O2. The smallest absolute Gasteiger partial charge is 0.220 e. The number of nitrogens with one attached hydrogen (secondary N) is 1. The second kappa shape index (κ2) is 8.11. The summed E-state index contributed by atoms with van der Waals surface area (Å²) in [5.41, 5.74) is 5.34. The van der Waals surface area contributed by atoms with E-state index in [9.17, 15) is 4.79 Å². The average Bonchev–Trinajstić information content (AvgIpc) is 2.34. The highest BCUT2D eigenvalue weighted by Crippen LogP contribution is 2.18. The lowest BCUT2D eigenvalue weighted by molar-refractivity contribution is -0.121. The minimum atomic E-state index is -0.0684. The summed E-state index contributed by atoms with van der Waals surface area (Å²) in [7, 11) is 0. The highest BCUT2D eigenvalue weighted by Gasteiger charge is 2.06. The van der Waals surface area contributed by atoms with Crippen LogP contribution in [0.1, 0.15) is 19.8 Å². The van der Waals surface area contributed by atoms with Crippen LogP contribution in [-0.4, -0.2) is 25.1 Å². The van der Waals surface area contributed by atoms with Crippen LogP contribution in [0.2, 0.25) is 0 Å². The first kappa shape index (κ1) is 15.0. The van der Waals surface area contributed by atoms with Gasteiger partial charge < -0.3 is 15.8 Å². The van der Waals surface area contributed by atoms with Gasteiger partial charge in [0.05, 0.1) is 6.54 Å². The van der Waals surface area contributed by atoms with E-state index in [4.69, 9.17) is 10.5 Å². The minimum absolute atomic E-state index is 0.0187. The van der Waals surface area contributed by atoms with Gasteiger partial charge in [-0.2, -0.15) is 0 Å². The molecule has 100 valence electrons. The predicted octanol–water partition coefficient (Wildman–Crippen LogP) is 2.07. The van der Waals surface area contributed by atoms with Crippen molar-refractivity contribution in [1.29, 1.82) is 0 Å². The van der Waals surface area contributed by atoms with Gasteiger partial charge >= 0.3 is 0 Å². The van der Waals surface area contributed by atoms with Gasteiger partial charge in [-0.3, -0.25) is 4.79 Å². The Morgan fingerprint density at radius 1 is 1.56 bits per heavy atom. The lowest BCUT2D eigenvalue weighted by atomic mass is 10.3. The average molecular weight is 315 g/mol. The zero-order chi connectivity index (χ0) is 13.4. The number of ether oxygens (including phenoxy) is 1. The van der Waals surface area contributed by atoms with Crippen LogP contribution >= 0.6 is 15.9 Å². The molecule has 0 aliphatic carbocycles. The van der Waals surface area contributed by atoms with Crippen molar-refractivity contribution < 1.29 is 9.53 Å². The number of rotatable bonds is 7. The molecule has 1 unspecified atom stereocenters. The van der Waals surface area contributed by atoms with Crippen LogP contribution < -0.4 is 15.8 Å². The molecule has 0 aliphatic heterocycles. The molecule has 18 heavy (non-hydrogen) atoms. The van der Waals surface area contributed by atoms with Crippen LogP contribution in [-0.2, 0) is 4.79 Å². The molecule has 0 bridgehead atoms. The van der Waals surface area contributed by atoms with E-state index >= 15 is 0 Å². The number of carbonyl (C=O) groups excluding carboxylic acids is 1. The fourth-order valence-corrected chi connectivity index (χ4v) is 1.80. The Labute approximate surface area is 116 Å². The number of halogens is 1. The molecule has 0 saturated carbocycles. The Morgan fingerprint density at radius 3 is 3.00 bits per heavy atom. The van der Waals surface area contributed by atoms with E-state index in [1.54, 1.807) is 0 Å². The zero-order valence-electron chi connectivity index (χ0n) is 10.5. The number of hydrogen-bond donors (Lipinski definition) is 2. The zero-order valence-corrected chi connectivity index (χ0v) is 12.1. The van der Waals surface area contributed by atoms with Crippen LogP contribution in [0, 0.1) is 0 Å². The number of carbonyl (C=O) groups is 1. The summed E-state index contributed by atoms with van der Waals surface area (Å²) in [5.74, 6) is 0.804. The molecule has 0 spiro atoms. The maximum Gasteiger partial charge on any atom is 0.220 e. The highest BCUT2D eigenvalue weighted by atomic mass is 79.9. The third-order valence-corrected chi connectivity index (χ3v) is 2.82. The second-order valence-corrected chi connectivity index (χ2v) is 5.00.